The maximum Gasteiger partial charge on any atom is 0.0984 e. The summed E-state index contributed by atoms with van der Waals surface area (Å²) in [7, 11) is 0. The molecule has 0 aromatic carbocycles. The van der Waals surface area contributed by atoms with Crippen LogP contribution < -0.4 is 0 Å². The second kappa shape index (κ2) is 4.60. The molecule has 0 aromatic rings. The van der Waals surface area contributed by atoms with Crippen LogP contribution in [0.2, 0.25) is 0 Å². The highest BCUT2D eigenvalue weighted by molar-refractivity contribution is 4.80. The highest BCUT2D eigenvalue weighted by atomic mass is 16.3. The van der Waals surface area contributed by atoms with E-state index in [9.17, 15) is 5.11 Å². The fourth-order valence-electron chi connectivity index (χ4n) is 2.46. The summed E-state index contributed by atoms with van der Waals surface area (Å²) in [5, 5.41) is 19.0. The summed E-state index contributed by atoms with van der Waals surface area (Å²) < 4.78 is 1.12. The Balaban J connectivity index is 2.54. The van der Waals surface area contributed by atoms with Gasteiger partial charge in [-0.1, -0.05) is 6.92 Å². The third-order valence-electron chi connectivity index (χ3n) is 3.77. The Labute approximate surface area is 86.9 Å². The smallest absolute Gasteiger partial charge is 0.0984 e. The topological polar surface area (TPSA) is 40.5 Å². The van der Waals surface area contributed by atoms with Gasteiger partial charge >= 0.3 is 0 Å². The fraction of sp³-hybridized carbons (Fsp3) is 1.00. The molecular weight excluding hydrogens is 178 g/mol. The molecule has 1 saturated heterocycles. The Kier molecular flexibility index (Phi) is 3.93. The predicted octanol–water partition coefficient (Wildman–Crippen LogP) is 0.750. The summed E-state index contributed by atoms with van der Waals surface area (Å²) in [6.07, 6.45) is 2.69. The lowest BCUT2D eigenvalue weighted by Gasteiger charge is -2.45. The van der Waals surface area contributed by atoms with Crippen molar-refractivity contribution in [1.29, 1.82) is 0 Å². The van der Waals surface area contributed by atoms with Gasteiger partial charge in [-0.25, -0.2) is 0 Å². The Morgan fingerprint density at radius 2 is 1.79 bits per heavy atom. The number of hydrogen-bond donors (Lipinski definition) is 2. The van der Waals surface area contributed by atoms with E-state index < -0.39 is 5.60 Å². The molecule has 1 fully saturated rings. The van der Waals surface area contributed by atoms with E-state index in [0.29, 0.717) is 0 Å². The molecule has 14 heavy (non-hydrogen) atoms. The lowest BCUT2D eigenvalue weighted by molar-refractivity contribution is -0.933. The van der Waals surface area contributed by atoms with E-state index in [4.69, 9.17) is 5.11 Å². The van der Waals surface area contributed by atoms with Crippen molar-refractivity contribution in [2.45, 2.75) is 38.7 Å². The molecule has 0 unspecified atom stereocenters. The zero-order valence-corrected chi connectivity index (χ0v) is 9.50. The standard InChI is InChI=1S/C11H24NO2/c1-3-7-12(4-2)8-5-11(14,10-13)6-9-12/h13-14H,3-10H2,1-2H3/q+1. The fourth-order valence-corrected chi connectivity index (χ4v) is 2.46. The second-order valence-corrected chi connectivity index (χ2v) is 4.71. The van der Waals surface area contributed by atoms with Crippen LogP contribution in [0.25, 0.3) is 0 Å². The summed E-state index contributed by atoms with van der Waals surface area (Å²) >= 11 is 0. The Morgan fingerprint density at radius 1 is 1.21 bits per heavy atom. The number of nitrogens with zero attached hydrogens (tertiary/aromatic N) is 1. The summed E-state index contributed by atoms with van der Waals surface area (Å²) in [4.78, 5) is 0. The van der Waals surface area contributed by atoms with E-state index in [1.165, 1.54) is 13.0 Å². The number of rotatable bonds is 4. The van der Waals surface area contributed by atoms with E-state index in [0.717, 1.165) is 37.0 Å². The van der Waals surface area contributed by atoms with Crippen molar-refractivity contribution in [3.63, 3.8) is 0 Å². The van der Waals surface area contributed by atoms with Crippen LogP contribution in [0, 0.1) is 0 Å². The zero-order valence-electron chi connectivity index (χ0n) is 9.50. The molecule has 2 N–H and O–H groups in total. The average Bonchev–Trinajstić information content (AvgIpc) is 2.23. The Morgan fingerprint density at radius 3 is 2.14 bits per heavy atom. The minimum absolute atomic E-state index is 0.0805. The first-order chi connectivity index (χ1) is 6.60. The molecule has 0 aliphatic carbocycles. The van der Waals surface area contributed by atoms with Crippen molar-refractivity contribution in [1.82, 2.24) is 0 Å². The van der Waals surface area contributed by atoms with Crippen molar-refractivity contribution in [3.05, 3.63) is 0 Å². The van der Waals surface area contributed by atoms with Gasteiger partial charge in [0, 0.05) is 12.8 Å². The van der Waals surface area contributed by atoms with Crippen molar-refractivity contribution in [3.8, 4) is 0 Å². The monoisotopic (exact) mass is 202 g/mol. The lowest BCUT2D eigenvalue weighted by atomic mass is 9.90. The number of hydrogen-bond acceptors (Lipinski definition) is 2. The van der Waals surface area contributed by atoms with Crippen LogP contribution in [0.3, 0.4) is 0 Å². The van der Waals surface area contributed by atoms with E-state index in [-0.39, 0.29) is 6.61 Å². The molecule has 0 amide bonds. The van der Waals surface area contributed by atoms with Crippen LogP contribution in [-0.2, 0) is 0 Å². The molecule has 0 radical (unpaired) electrons. The molecular formula is C11H24NO2+. The first kappa shape index (κ1) is 12.0. The molecule has 0 spiro atoms. The van der Waals surface area contributed by atoms with Gasteiger partial charge in [0.15, 0.2) is 0 Å². The maximum atomic E-state index is 9.92. The van der Waals surface area contributed by atoms with E-state index in [1.54, 1.807) is 0 Å². The molecule has 1 aliphatic rings. The number of piperidine rings is 1. The molecule has 3 nitrogen and oxygen atoms in total. The van der Waals surface area contributed by atoms with Gasteiger partial charge < -0.3 is 14.7 Å². The summed E-state index contributed by atoms with van der Waals surface area (Å²) in [5.74, 6) is 0. The van der Waals surface area contributed by atoms with E-state index in [1.807, 2.05) is 0 Å². The van der Waals surface area contributed by atoms with Gasteiger partial charge in [-0.05, 0) is 13.3 Å². The molecule has 1 aliphatic heterocycles. The minimum Gasteiger partial charge on any atom is -0.393 e. The second-order valence-electron chi connectivity index (χ2n) is 4.71. The predicted molar refractivity (Wildman–Crippen MR) is 57.0 cm³/mol. The van der Waals surface area contributed by atoms with Crippen LogP contribution >= 0.6 is 0 Å². The van der Waals surface area contributed by atoms with Gasteiger partial charge in [-0.3, -0.25) is 0 Å². The van der Waals surface area contributed by atoms with Crippen LogP contribution in [0.5, 0.6) is 0 Å². The maximum absolute atomic E-state index is 9.92. The summed E-state index contributed by atoms with van der Waals surface area (Å²) in [5.41, 5.74) is -0.787. The quantitative estimate of drug-likeness (QED) is 0.660. The third kappa shape index (κ3) is 2.47. The third-order valence-corrected chi connectivity index (χ3v) is 3.77. The molecule has 3 heteroatoms. The zero-order chi connectivity index (χ0) is 10.7. The summed E-state index contributed by atoms with van der Waals surface area (Å²) in [6.45, 7) is 8.74. The molecule has 84 valence electrons. The molecule has 0 bridgehead atoms. The molecule has 0 aromatic heterocycles. The van der Waals surface area contributed by atoms with Gasteiger partial charge in [0.25, 0.3) is 0 Å². The Hall–Kier alpha value is -0.120. The van der Waals surface area contributed by atoms with Crippen molar-refractivity contribution in [2.24, 2.45) is 0 Å². The molecule has 1 rings (SSSR count). The summed E-state index contributed by atoms with van der Waals surface area (Å²) in [6, 6.07) is 0. The minimum atomic E-state index is -0.787. The van der Waals surface area contributed by atoms with Crippen molar-refractivity contribution >= 4 is 0 Å². The number of aliphatic hydroxyl groups excluding tert-OH is 1. The number of aliphatic hydroxyl groups is 2. The highest BCUT2D eigenvalue weighted by Gasteiger charge is 2.39. The SMILES string of the molecule is CCC[N+]1(CC)CCC(O)(CO)CC1. The van der Waals surface area contributed by atoms with Gasteiger partial charge in [-0.2, -0.15) is 0 Å². The van der Waals surface area contributed by atoms with Gasteiger partial charge in [0.2, 0.25) is 0 Å². The largest absolute Gasteiger partial charge is 0.393 e. The van der Waals surface area contributed by atoms with Crippen LogP contribution in [0.15, 0.2) is 0 Å². The highest BCUT2D eigenvalue weighted by Crippen LogP contribution is 2.27. The lowest BCUT2D eigenvalue weighted by Crippen LogP contribution is -2.58. The average molecular weight is 202 g/mol. The Bertz CT molecular complexity index is 174. The van der Waals surface area contributed by atoms with Gasteiger partial charge in [-0.15, -0.1) is 0 Å². The molecule has 0 saturated carbocycles. The number of quaternary nitrogens is 1. The molecule has 1 heterocycles. The normalized spacial score (nSPS) is 38.6. The van der Waals surface area contributed by atoms with E-state index in [2.05, 4.69) is 13.8 Å². The van der Waals surface area contributed by atoms with Gasteiger partial charge in [0.1, 0.15) is 0 Å². The molecule has 0 atom stereocenters. The van der Waals surface area contributed by atoms with Gasteiger partial charge in [0.05, 0.1) is 38.4 Å². The first-order valence-corrected chi connectivity index (χ1v) is 5.78. The first-order valence-electron chi connectivity index (χ1n) is 5.78. The van der Waals surface area contributed by atoms with Crippen molar-refractivity contribution in [2.75, 3.05) is 32.8 Å². The van der Waals surface area contributed by atoms with Crippen molar-refractivity contribution < 1.29 is 14.7 Å². The van der Waals surface area contributed by atoms with Crippen LogP contribution in [0.1, 0.15) is 33.1 Å². The van der Waals surface area contributed by atoms with E-state index >= 15 is 0 Å². The van der Waals surface area contributed by atoms with Crippen LogP contribution in [-0.4, -0.2) is 53.1 Å². The van der Waals surface area contributed by atoms with Crippen LogP contribution in [0.4, 0.5) is 0 Å². The number of likely N-dealkylation sites (tertiary alicyclic amines) is 1.